The van der Waals surface area contributed by atoms with Crippen LogP contribution in [0, 0.1) is 11.8 Å². The van der Waals surface area contributed by atoms with Crippen LogP contribution in [0.3, 0.4) is 0 Å². The SMILES string of the molecule is CCOC(=O)[C@@H]1[C@H]2COc3ccccc3[C@@H]2N2C(=O)N(c3ccc(Br)cc3)C(=O)[C@]12C. The van der Waals surface area contributed by atoms with Gasteiger partial charge in [-0.3, -0.25) is 9.59 Å². The number of para-hydroxylation sites is 1. The lowest BCUT2D eigenvalue weighted by Crippen LogP contribution is -2.51. The Bertz CT molecular complexity index is 1090. The summed E-state index contributed by atoms with van der Waals surface area (Å²) in [6.45, 7) is 3.83. The molecular weight excluding hydrogens is 464 g/mol. The number of halogens is 1. The molecule has 0 aromatic heterocycles. The number of hydrogen-bond acceptors (Lipinski definition) is 5. The van der Waals surface area contributed by atoms with Gasteiger partial charge in [0.25, 0.3) is 5.91 Å². The van der Waals surface area contributed by atoms with E-state index in [2.05, 4.69) is 15.9 Å². The molecule has 2 fully saturated rings. The van der Waals surface area contributed by atoms with E-state index in [0.29, 0.717) is 11.4 Å². The minimum Gasteiger partial charge on any atom is -0.493 e. The van der Waals surface area contributed by atoms with Crippen LogP contribution in [0.25, 0.3) is 0 Å². The smallest absolute Gasteiger partial charge is 0.332 e. The molecule has 3 amide bonds. The lowest BCUT2D eigenvalue weighted by Gasteiger charge is -2.34. The molecule has 4 atom stereocenters. The van der Waals surface area contributed by atoms with E-state index >= 15 is 0 Å². The van der Waals surface area contributed by atoms with Gasteiger partial charge in [-0.2, -0.15) is 0 Å². The summed E-state index contributed by atoms with van der Waals surface area (Å²) in [6, 6.07) is 13.5. The molecule has 160 valence electrons. The fourth-order valence-electron chi connectivity index (χ4n) is 5.26. The Morgan fingerprint density at radius 3 is 2.61 bits per heavy atom. The van der Waals surface area contributed by atoms with Gasteiger partial charge in [0.1, 0.15) is 11.3 Å². The molecule has 3 aliphatic heterocycles. The third-order valence-corrected chi connectivity index (χ3v) is 7.07. The number of urea groups is 1. The standard InChI is InChI=1S/C23H21BrN2O5/c1-3-30-20(27)18-16-12-31-17-7-5-4-6-15(17)19(16)26-22(29)25(21(28)23(18,26)2)14-10-8-13(24)9-11-14/h4-11,16,18-19H,3,12H2,1-2H3/t16-,18+,19+,23+/m1/s1. The van der Waals surface area contributed by atoms with E-state index in [1.54, 1.807) is 43.0 Å². The van der Waals surface area contributed by atoms with Gasteiger partial charge >= 0.3 is 12.0 Å². The Hall–Kier alpha value is -2.87. The number of rotatable bonds is 3. The van der Waals surface area contributed by atoms with Crippen LogP contribution in [0.15, 0.2) is 53.0 Å². The highest BCUT2D eigenvalue weighted by Gasteiger charge is 2.72. The molecule has 7 nitrogen and oxygen atoms in total. The Morgan fingerprint density at radius 2 is 1.90 bits per heavy atom. The number of hydrogen-bond donors (Lipinski definition) is 0. The van der Waals surface area contributed by atoms with Crippen LogP contribution in [0.2, 0.25) is 0 Å². The molecule has 0 bridgehead atoms. The molecular formula is C23H21BrN2O5. The number of imide groups is 1. The fourth-order valence-corrected chi connectivity index (χ4v) is 5.52. The number of fused-ring (bicyclic) bond motifs is 5. The van der Waals surface area contributed by atoms with Gasteiger partial charge in [0.05, 0.1) is 30.9 Å². The number of esters is 1. The number of carbonyl (C=O) groups excluding carboxylic acids is 3. The molecule has 2 aromatic rings. The maximum absolute atomic E-state index is 13.8. The summed E-state index contributed by atoms with van der Waals surface area (Å²) in [6.07, 6.45) is 0. The molecule has 0 aliphatic carbocycles. The fraction of sp³-hybridized carbons (Fsp3) is 0.348. The van der Waals surface area contributed by atoms with Crippen LogP contribution in [-0.2, 0) is 14.3 Å². The first kappa shape index (κ1) is 20.1. The van der Waals surface area contributed by atoms with Gasteiger partial charge in [0.2, 0.25) is 0 Å². The Morgan fingerprint density at radius 1 is 1.19 bits per heavy atom. The molecule has 0 radical (unpaired) electrons. The van der Waals surface area contributed by atoms with Gasteiger partial charge in [0.15, 0.2) is 0 Å². The summed E-state index contributed by atoms with van der Waals surface area (Å²) < 4.78 is 12.1. The molecule has 2 saturated heterocycles. The lowest BCUT2D eigenvalue weighted by atomic mass is 9.77. The second kappa shape index (κ2) is 7.09. The summed E-state index contributed by atoms with van der Waals surface area (Å²) in [5.41, 5.74) is -0.101. The van der Waals surface area contributed by atoms with Crippen molar-refractivity contribution in [3.63, 3.8) is 0 Å². The minimum atomic E-state index is -1.37. The number of amides is 3. The van der Waals surface area contributed by atoms with Crippen molar-refractivity contribution in [1.82, 2.24) is 4.90 Å². The van der Waals surface area contributed by atoms with E-state index in [1.807, 2.05) is 24.3 Å². The lowest BCUT2D eigenvalue weighted by molar-refractivity contribution is -0.154. The largest absolute Gasteiger partial charge is 0.493 e. The molecule has 0 saturated carbocycles. The van der Waals surface area contributed by atoms with E-state index in [9.17, 15) is 14.4 Å². The van der Waals surface area contributed by atoms with Gasteiger partial charge in [-0.25, -0.2) is 9.69 Å². The van der Waals surface area contributed by atoms with Crippen molar-refractivity contribution in [2.45, 2.75) is 25.4 Å². The number of anilines is 1. The van der Waals surface area contributed by atoms with Crippen molar-refractivity contribution in [1.29, 1.82) is 0 Å². The minimum absolute atomic E-state index is 0.193. The molecule has 0 spiro atoms. The average molecular weight is 485 g/mol. The second-order valence-corrected chi connectivity index (χ2v) is 9.02. The first-order chi connectivity index (χ1) is 14.9. The monoisotopic (exact) mass is 484 g/mol. The van der Waals surface area contributed by atoms with Crippen molar-refractivity contribution in [3.8, 4) is 5.75 Å². The zero-order chi connectivity index (χ0) is 21.9. The van der Waals surface area contributed by atoms with Crippen molar-refractivity contribution in [3.05, 3.63) is 58.6 Å². The quantitative estimate of drug-likeness (QED) is 0.487. The summed E-state index contributed by atoms with van der Waals surface area (Å²) in [5, 5.41) is 0. The van der Waals surface area contributed by atoms with Crippen LogP contribution in [0.5, 0.6) is 5.75 Å². The third kappa shape index (κ3) is 2.67. The average Bonchev–Trinajstić information content (AvgIpc) is 3.14. The van der Waals surface area contributed by atoms with Gasteiger partial charge in [-0.1, -0.05) is 34.1 Å². The van der Waals surface area contributed by atoms with E-state index in [1.165, 1.54) is 4.90 Å². The zero-order valence-electron chi connectivity index (χ0n) is 17.1. The van der Waals surface area contributed by atoms with Crippen molar-refractivity contribution < 1.29 is 23.9 Å². The van der Waals surface area contributed by atoms with Crippen LogP contribution >= 0.6 is 15.9 Å². The number of nitrogens with zero attached hydrogens (tertiary/aromatic N) is 2. The predicted octanol–water partition coefficient (Wildman–Crippen LogP) is 3.92. The summed E-state index contributed by atoms with van der Waals surface area (Å²) in [4.78, 5) is 43.3. The summed E-state index contributed by atoms with van der Waals surface area (Å²) >= 11 is 3.38. The van der Waals surface area contributed by atoms with Crippen molar-refractivity contribution >= 4 is 39.5 Å². The molecule has 0 unspecified atom stereocenters. The third-order valence-electron chi connectivity index (χ3n) is 6.55. The highest BCUT2D eigenvalue weighted by atomic mass is 79.9. The highest BCUT2D eigenvalue weighted by molar-refractivity contribution is 9.10. The zero-order valence-corrected chi connectivity index (χ0v) is 18.7. The molecule has 31 heavy (non-hydrogen) atoms. The van der Waals surface area contributed by atoms with Crippen LogP contribution in [0.1, 0.15) is 25.5 Å². The Kier molecular flexibility index (Phi) is 4.58. The van der Waals surface area contributed by atoms with Crippen molar-refractivity contribution in [2.24, 2.45) is 11.8 Å². The summed E-state index contributed by atoms with van der Waals surface area (Å²) in [5.74, 6) is -1.45. The van der Waals surface area contributed by atoms with Gasteiger partial charge in [-0.15, -0.1) is 0 Å². The molecule has 2 aromatic carbocycles. The first-order valence-electron chi connectivity index (χ1n) is 10.2. The topological polar surface area (TPSA) is 76.2 Å². The van der Waals surface area contributed by atoms with Crippen LogP contribution in [-0.4, -0.2) is 41.6 Å². The maximum Gasteiger partial charge on any atom is 0.332 e. The molecule has 3 heterocycles. The van der Waals surface area contributed by atoms with Gasteiger partial charge in [0, 0.05) is 16.0 Å². The number of benzene rings is 2. The Balaban J connectivity index is 1.67. The van der Waals surface area contributed by atoms with E-state index < -0.39 is 35.4 Å². The van der Waals surface area contributed by atoms with E-state index in [-0.39, 0.29) is 19.1 Å². The van der Waals surface area contributed by atoms with E-state index in [4.69, 9.17) is 9.47 Å². The van der Waals surface area contributed by atoms with E-state index in [0.717, 1.165) is 10.0 Å². The second-order valence-electron chi connectivity index (χ2n) is 8.10. The van der Waals surface area contributed by atoms with Gasteiger partial charge in [-0.05, 0) is 44.2 Å². The Labute approximate surface area is 188 Å². The van der Waals surface area contributed by atoms with Gasteiger partial charge < -0.3 is 14.4 Å². The molecule has 0 N–H and O–H groups in total. The molecule has 5 rings (SSSR count). The maximum atomic E-state index is 13.8. The van der Waals surface area contributed by atoms with Crippen molar-refractivity contribution in [2.75, 3.05) is 18.1 Å². The summed E-state index contributed by atoms with van der Waals surface area (Å²) in [7, 11) is 0. The normalized spacial score (nSPS) is 28.7. The molecule has 3 aliphatic rings. The number of carbonyl (C=O) groups is 3. The highest BCUT2D eigenvalue weighted by Crippen LogP contribution is 2.58. The van der Waals surface area contributed by atoms with Crippen LogP contribution < -0.4 is 9.64 Å². The first-order valence-corrected chi connectivity index (χ1v) is 11.0. The molecule has 8 heteroatoms. The van der Waals surface area contributed by atoms with Crippen LogP contribution in [0.4, 0.5) is 10.5 Å². The predicted molar refractivity (Wildman–Crippen MR) is 116 cm³/mol. The number of ether oxygens (including phenoxy) is 2.